The maximum atomic E-state index is 12.2. The number of carbonyl (C=O) groups excluding carboxylic acids is 1. The van der Waals surface area contributed by atoms with Gasteiger partial charge in [0.2, 0.25) is 0 Å². The van der Waals surface area contributed by atoms with E-state index in [1.54, 1.807) is 23.0 Å². The molecule has 4 aromatic rings. The lowest BCUT2D eigenvalue weighted by Gasteiger charge is -2.06. The van der Waals surface area contributed by atoms with Gasteiger partial charge >= 0.3 is 0 Å². The number of ether oxygens (including phenoxy) is 2. The summed E-state index contributed by atoms with van der Waals surface area (Å²) in [5.74, 6) is 1.05. The second-order valence-electron chi connectivity index (χ2n) is 7.62. The molecule has 0 fully saturated rings. The number of benzene rings is 3. The van der Waals surface area contributed by atoms with Gasteiger partial charge in [0.25, 0.3) is 5.91 Å². The van der Waals surface area contributed by atoms with Crippen molar-refractivity contribution in [2.24, 2.45) is 5.10 Å². The summed E-state index contributed by atoms with van der Waals surface area (Å²) in [6.45, 7) is 2.60. The third kappa shape index (κ3) is 6.80. The van der Waals surface area contributed by atoms with Crippen LogP contribution < -0.4 is 14.9 Å². The van der Waals surface area contributed by atoms with E-state index in [9.17, 15) is 4.79 Å². The minimum absolute atomic E-state index is 0.145. The summed E-state index contributed by atoms with van der Waals surface area (Å²) in [5.41, 5.74) is 5.83. The Morgan fingerprint density at radius 3 is 2.40 bits per heavy atom. The van der Waals surface area contributed by atoms with Gasteiger partial charge in [-0.25, -0.2) is 10.1 Å². The number of hydrogen-bond acceptors (Lipinski definition) is 5. The van der Waals surface area contributed by atoms with Crippen LogP contribution in [0.1, 0.15) is 18.9 Å². The summed E-state index contributed by atoms with van der Waals surface area (Å²) in [4.78, 5) is 12.2. The molecule has 0 spiro atoms. The standard InChI is InChI=1S/C27H25BrN4O3/c1-2-16-34-24-12-8-20(9-13-24)27-21(18-32(31-27)23-6-4-3-5-7-23)17-29-30-26(33)19-35-25-14-10-22(28)11-15-25/h3-15,17-18H,2,16,19H2,1H3,(H,30,33)/b29-17+. The van der Waals surface area contributed by atoms with Crippen LogP contribution in [-0.4, -0.2) is 35.1 Å². The highest BCUT2D eigenvalue weighted by molar-refractivity contribution is 9.10. The molecule has 4 rings (SSSR count). The highest BCUT2D eigenvalue weighted by atomic mass is 79.9. The van der Waals surface area contributed by atoms with Crippen molar-refractivity contribution in [3.63, 3.8) is 0 Å². The van der Waals surface area contributed by atoms with Crippen molar-refractivity contribution < 1.29 is 14.3 Å². The fourth-order valence-corrected chi connectivity index (χ4v) is 3.50. The zero-order valence-corrected chi connectivity index (χ0v) is 20.8. The maximum Gasteiger partial charge on any atom is 0.277 e. The molecule has 0 aliphatic carbocycles. The van der Waals surface area contributed by atoms with Crippen molar-refractivity contribution in [3.05, 3.63) is 95.1 Å². The monoisotopic (exact) mass is 532 g/mol. The number of aromatic nitrogens is 2. The van der Waals surface area contributed by atoms with Crippen molar-refractivity contribution in [2.75, 3.05) is 13.2 Å². The van der Waals surface area contributed by atoms with E-state index in [1.807, 2.05) is 72.9 Å². The third-order valence-electron chi connectivity index (χ3n) is 4.94. The molecule has 0 atom stereocenters. The van der Waals surface area contributed by atoms with E-state index in [2.05, 4.69) is 33.4 Å². The van der Waals surface area contributed by atoms with Crippen LogP contribution in [0.15, 0.2) is 94.6 Å². The van der Waals surface area contributed by atoms with Crippen LogP contribution in [0.5, 0.6) is 11.5 Å². The van der Waals surface area contributed by atoms with Crippen LogP contribution in [0.3, 0.4) is 0 Å². The summed E-state index contributed by atoms with van der Waals surface area (Å²) in [5, 5.41) is 8.90. The van der Waals surface area contributed by atoms with Crippen LogP contribution in [0.4, 0.5) is 0 Å². The number of nitrogens with zero attached hydrogens (tertiary/aromatic N) is 3. The highest BCUT2D eigenvalue weighted by Gasteiger charge is 2.12. The van der Waals surface area contributed by atoms with E-state index in [0.717, 1.165) is 39.2 Å². The summed E-state index contributed by atoms with van der Waals surface area (Å²) in [6, 6.07) is 24.8. The number of amides is 1. The molecule has 7 nitrogen and oxygen atoms in total. The summed E-state index contributed by atoms with van der Waals surface area (Å²) in [6.07, 6.45) is 4.41. The number of carbonyl (C=O) groups is 1. The predicted octanol–water partition coefficient (Wildman–Crippen LogP) is 5.62. The Morgan fingerprint density at radius 1 is 1.00 bits per heavy atom. The molecule has 0 aliphatic rings. The topological polar surface area (TPSA) is 77.7 Å². The molecule has 35 heavy (non-hydrogen) atoms. The van der Waals surface area contributed by atoms with Crippen molar-refractivity contribution in [3.8, 4) is 28.4 Å². The van der Waals surface area contributed by atoms with Crippen LogP contribution >= 0.6 is 15.9 Å². The van der Waals surface area contributed by atoms with Crippen molar-refractivity contribution >= 4 is 28.1 Å². The van der Waals surface area contributed by atoms with Gasteiger partial charge in [-0.05, 0) is 67.1 Å². The average Bonchev–Trinajstić information content (AvgIpc) is 3.32. The zero-order valence-electron chi connectivity index (χ0n) is 19.2. The lowest BCUT2D eigenvalue weighted by Crippen LogP contribution is -2.24. The van der Waals surface area contributed by atoms with Crippen LogP contribution in [-0.2, 0) is 4.79 Å². The molecular weight excluding hydrogens is 508 g/mol. The third-order valence-corrected chi connectivity index (χ3v) is 5.47. The van der Waals surface area contributed by atoms with Gasteiger partial charge in [-0.2, -0.15) is 10.2 Å². The summed E-state index contributed by atoms with van der Waals surface area (Å²) < 4.78 is 13.9. The van der Waals surface area contributed by atoms with Crippen LogP contribution in [0.2, 0.25) is 0 Å². The van der Waals surface area contributed by atoms with E-state index in [1.165, 1.54) is 0 Å². The van der Waals surface area contributed by atoms with Gasteiger partial charge in [0, 0.05) is 21.8 Å². The zero-order chi connectivity index (χ0) is 24.5. The summed E-state index contributed by atoms with van der Waals surface area (Å²) >= 11 is 3.37. The lowest BCUT2D eigenvalue weighted by atomic mass is 10.1. The van der Waals surface area contributed by atoms with Crippen LogP contribution in [0.25, 0.3) is 16.9 Å². The fraction of sp³-hybridized carbons (Fsp3) is 0.148. The minimum Gasteiger partial charge on any atom is -0.494 e. The highest BCUT2D eigenvalue weighted by Crippen LogP contribution is 2.25. The Morgan fingerprint density at radius 2 is 1.69 bits per heavy atom. The minimum atomic E-state index is -0.362. The number of nitrogens with one attached hydrogen (secondary N) is 1. The van der Waals surface area contributed by atoms with Gasteiger partial charge < -0.3 is 9.47 Å². The van der Waals surface area contributed by atoms with E-state index >= 15 is 0 Å². The second-order valence-corrected chi connectivity index (χ2v) is 8.54. The number of para-hydroxylation sites is 1. The molecule has 8 heteroatoms. The molecule has 3 aromatic carbocycles. The molecule has 178 valence electrons. The van der Waals surface area contributed by atoms with Gasteiger partial charge in [0.05, 0.1) is 18.5 Å². The molecule has 0 unspecified atom stereocenters. The van der Waals surface area contributed by atoms with Gasteiger partial charge in [-0.1, -0.05) is 41.1 Å². The number of halogens is 1. The maximum absolute atomic E-state index is 12.2. The first-order valence-corrected chi connectivity index (χ1v) is 12.0. The normalized spacial score (nSPS) is 10.9. The Hall–Kier alpha value is -3.91. The van der Waals surface area contributed by atoms with Gasteiger partial charge in [-0.3, -0.25) is 4.79 Å². The predicted molar refractivity (Wildman–Crippen MR) is 140 cm³/mol. The molecule has 1 N–H and O–H groups in total. The first-order chi connectivity index (χ1) is 17.1. The molecule has 1 aromatic heterocycles. The molecule has 1 amide bonds. The molecular formula is C27H25BrN4O3. The molecule has 0 saturated carbocycles. The molecule has 0 saturated heterocycles. The van der Waals surface area contributed by atoms with Gasteiger partial charge in [-0.15, -0.1) is 0 Å². The second kappa shape index (κ2) is 12.0. The van der Waals surface area contributed by atoms with E-state index < -0.39 is 0 Å². The molecule has 0 aliphatic heterocycles. The fourth-order valence-electron chi connectivity index (χ4n) is 3.23. The Kier molecular flexibility index (Phi) is 8.30. The first kappa shape index (κ1) is 24.2. The number of hydrogen-bond donors (Lipinski definition) is 1. The van der Waals surface area contributed by atoms with Crippen molar-refractivity contribution in [1.82, 2.24) is 15.2 Å². The van der Waals surface area contributed by atoms with Crippen molar-refractivity contribution in [1.29, 1.82) is 0 Å². The number of rotatable bonds is 10. The van der Waals surface area contributed by atoms with Gasteiger partial charge in [0.15, 0.2) is 6.61 Å². The quantitative estimate of drug-likeness (QED) is 0.212. The average molecular weight is 533 g/mol. The summed E-state index contributed by atoms with van der Waals surface area (Å²) in [7, 11) is 0. The Balaban J connectivity index is 1.49. The Labute approximate surface area is 212 Å². The van der Waals surface area contributed by atoms with Crippen LogP contribution in [0, 0.1) is 0 Å². The molecule has 0 bridgehead atoms. The molecule has 1 heterocycles. The van der Waals surface area contributed by atoms with E-state index in [4.69, 9.17) is 14.6 Å². The van der Waals surface area contributed by atoms with Gasteiger partial charge in [0.1, 0.15) is 17.2 Å². The van der Waals surface area contributed by atoms with Crippen molar-refractivity contribution in [2.45, 2.75) is 13.3 Å². The van der Waals surface area contributed by atoms with E-state index in [-0.39, 0.29) is 12.5 Å². The smallest absolute Gasteiger partial charge is 0.277 e. The largest absolute Gasteiger partial charge is 0.494 e. The molecule has 0 radical (unpaired) electrons. The number of hydrazone groups is 1. The first-order valence-electron chi connectivity index (χ1n) is 11.2. The van der Waals surface area contributed by atoms with E-state index in [0.29, 0.717) is 12.4 Å². The SMILES string of the molecule is CCCOc1ccc(-c2nn(-c3ccccc3)cc2/C=N/NC(=O)COc2ccc(Br)cc2)cc1. The lowest BCUT2D eigenvalue weighted by molar-refractivity contribution is -0.123. The Bertz CT molecular complexity index is 1270.